The molecule has 2 aliphatic rings. The van der Waals surface area contributed by atoms with Crippen molar-refractivity contribution in [1.82, 2.24) is 14.7 Å². The van der Waals surface area contributed by atoms with Crippen LogP contribution in [-0.4, -0.2) is 67.4 Å². The molecule has 2 fully saturated rings. The van der Waals surface area contributed by atoms with Crippen LogP contribution in [0, 0.1) is 17.3 Å². The van der Waals surface area contributed by atoms with E-state index in [2.05, 4.69) is 73.0 Å². The second kappa shape index (κ2) is 7.46. The van der Waals surface area contributed by atoms with Crippen LogP contribution in [0.1, 0.15) is 25.8 Å². The number of likely N-dealkylation sites (tertiary alicyclic amines) is 2. The second-order valence-electron chi connectivity index (χ2n) is 8.82. The molecule has 1 aromatic rings. The fourth-order valence-corrected chi connectivity index (χ4v) is 4.53. The summed E-state index contributed by atoms with van der Waals surface area (Å²) < 4.78 is 0. The highest BCUT2D eigenvalue weighted by atomic mass is 16.2. The monoisotopic (exact) mass is 343 g/mol. The average Bonchev–Trinajstić information content (AvgIpc) is 2.83. The van der Waals surface area contributed by atoms with Crippen LogP contribution in [0.2, 0.25) is 0 Å². The van der Waals surface area contributed by atoms with Gasteiger partial charge in [-0.3, -0.25) is 9.69 Å². The average molecular weight is 344 g/mol. The van der Waals surface area contributed by atoms with E-state index in [1.54, 1.807) is 0 Å². The molecule has 1 amide bonds. The molecule has 0 N–H and O–H groups in total. The van der Waals surface area contributed by atoms with E-state index in [1.807, 2.05) is 0 Å². The van der Waals surface area contributed by atoms with Crippen molar-refractivity contribution < 1.29 is 4.79 Å². The summed E-state index contributed by atoms with van der Waals surface area (Å²) in [6, 6.07) is 10.7. The van der Waals surface area contributed by atoms with Crippen molar-refractivity contribution >= 4 is 5.91 Å². The molecular formula is C21H33N3O. The van der Waals surface area contributed by atoms with Gasteiger partial charge in [-0.15, -0.1) is 0 Å². The van der Waals surface area contributed by atoms with Gasteiger partial charge in [0.25, 0.3) is 0 Å². The third-order valence-electron chi connectivity index (χ3n) is 5.66. The fraction of sp³-hybridized carbons (Fsp3) is 0.667. The summed E-state index contributed by atoms with van der Waals surface area (Å²) in [7, 11) is 4.32. The molecule has 0 radical (unpaired) electrons. The molecule has 1 spiro atoms. The highest BCUT2D eigenvalue weighted by molar-refractivity contribution is 5.77. The highest BCUT2D eigenvalue weighted by Crippen LogP contribution is 2.44. The zero-order chi connectivity index (χ0) is 18.0. The quantitative estimate of drug-likeness (QED) is 0.794. The largest absolute Gasteiger partial charge is 0.341 e. The molecule has 3 rings (SSSR count). The van der Waals surface area contributed by atoms with Crippen LogP contribution < -0.4 is 0 Å². The number of benzene rings is 1. The summed E-state index contributed by atoms with van der Waals surface area (Å²) in [5.41, 5.74) is 1.68. The first-order valence-corrected chi connectivity index (χ1v) is 9.57. The molecular weight excluding hydrogens is 310 g/mol. The van der Waals surface area contributed by atoms with Gasteiger partial charge in [-0.1, -0.05) is 44.2 Å². The second-order valence-corrected chi connectivity index (χ2v) is 8.82. The lowest BCUT2D eigenvalue weighted by Crippen LogP contribution is -2.63. The Balaban J connectivity index is 1.64. The Kier molecular flexibility index (Phi) is 5.49. The van der Waals surface area contributed by atoms with Crippen LogP contribution in [-0.2, 0) is 11.3 Å². The molecule has 2 saturated heterocycles. The molecule has 2 aliphatic heterocycles. The van der Waals surface area contributed by atoms with Crippen LogP contribution in [0.15, 0.2) is 30.3 Å². The maximum Gasteiger partial charge on any atom is 0.222 e. The van der Waals surface area contributed by atoms with Crippen LogP contribution in [0.4, 0.5) is 0 Å². The van der Waals surface area contributed by atoms with E-state index in [9.17, 15) is 4.79 Å². The number of amides is 1. The number of rotatable bonds is 6. The lowest BCUT2D eigenvalue weighted by Gasteiger charge is -2.52. The Morgan fingerprint density at radius 1 is 1.20 bits per heavy atom. The van der Waals surface area contributed by atoms with E-state index >= 15 is 0 Å². The van der Waals surface area contributed by atoms with Gasteiger partial charge < -0.3 is 9.80 Å². The van der Waals surface area contributed by atoms with Crippen molar-refractivity contribution in [3.63, 3.8) is 0 Å². The van der Waals surface area contributed by atoms with Gasteiger partial charge in [0.15, 0.2) is 0 Å². The molecule has 138 valence electrons. The van der Waals surface area contributed by atoms with Gasteiger partial charge in [-0.05, 0) is 31.5 Å². The zero-order valence-corrected chi connectivity index (χ0v) is 16.2. The van der Waals surface area contributed by atoms with E-state index in [-0.39, 0.29) is 0 Å². The summed E-state index contributed by atoms with van der Waals surface area (Å²) in [5, 5.41) is 0. The minimum absolute atomic E-state index is 0.297. The maximum atomic E-state index is 12.4. The number of hydrogen-bond acceptors (Lipinski definition) is 3. The van der Waals surface area contributed by atoms with E-state index in [1.165, 1.54) is 5.56 Å². The Labute approximate surface area is 152 Å². The molecule has 25 heavy (non-hydrogen) atoms. The lowest BCUT2D eigenvalue weighted by molar-refractivity contribution is -0.146. The van der Waals surface area contributed by atoms with Crippen molar-refractivity contribution in [1.29, 1.82) is 0 Å². The van der Waals surface area contributed by atoms with E-state index in [0.717, 1.165) is 39.3 Å². The van der Waals surface area contributed by atoms with Crippen molar-refractivity contribution in [2.24, 2.45) is 17.3 Å². The van der Waals surface area contributed by atoms with E-state index in [4.69, 9.17) is 0 Å². The molecule has 0 aliphatic carbocycles. The van der Waals surface area contributed by atoms with Gasteiger partial charge in [0, 0.05) is 51.1 Å². The first-order chi connectivity index (χ1) is 11.9. The first kappa shape index (κ1) is 18.4. The van der Waals surface area contributed by atoms with Crippen molar-refractivity contribution in [3.05, 3.63) is 35.9 Å². The van der Waals surface area contributed by atoms with Crippen LogP contribution in [0.25, 0.3) is 0 Å². The predicted octanol–water partition coefficient (Wildman–Crippen LogP) is 2.55. The Hall–Kier alpha value is -1.39. The van der Waals surface area contributed by atoms with Crippen molar-refractivity contribution in [3.8, 4) is 0 Å². The summed E-state index contributed by atoms with van der Waals surface area (Å²) in [6.07, 6.45) is 0.683. The van der Waals surface area contributed by atoms with E-state index in [0.29, 0.717) is 29.6 Å². The van der Waals surface area contributed by atoms with Gasteiger partial charge in [-0.25, -0.2) is 0 Å². The Morgan fingerprint density at radius 3 is 2.48 bits per heavy atom. The Morgan fingerprint density at radius 2 is 1.88 bits per heavy atom. The van der Waals surface area contributed by atoms with Gasteiger partial charge in [-0.2, -0.15) is 0 Å². The molecule has 4 heteroatoms. The normalized spacial score (nSPS) is 22.8. The lowest BCUT2D eigenvalue weighted by atomic mass is 9.71. The zero-order valence-electron chi connectivity index (χ0n) is 16.2. The maximum absolute atomic E-state index is 12.4. The number of carbonyl (C=O) groups excluding carboxylic acids is 1. The molecule has 2 heterocycles. The van der Waals surface area contributed by atoms with Gasteiger partial charge in [0.05, 0.1) is 0 Å². The highest BCUT2D eigenvalue weighted by Gasteiger charge is 2.54. The van der Waals surface area contributed by atoms with Crippen molar-refractivity contribution in [2.45, 2.75) is 26.8 Å². The molecule has 0 aromatic heterocycles. The SMILES string of the molecule is CC(C)CC(=O)N1CC2(CN(Cc3ccccc3)CC2CN(C)C)C1. The standard InChI is InChI=1S/C21H33N3O/c1-17(2)10-20(25)24-15-21(16-24)14-23(13-19(21)12-22(3)4)11-18-8-6-5-7-9-18/h5-9,17,19H,10-16H2,1-4H3. The van der Waals surface area contributed by atoms with Gasteiger partial charge >= 0.3 is 0 Å². The topological polar surface area (TPSA) is 26.8 Å². The minimum Gasteiger partial charge on any atom is -0.341 e. The predicted molar refractivity (Wildman–Crippen MR) is 102 cm³/mol. The molecule has 0 bridgehead atoms. The Bertz CT molecular complexity index is 578. The number of carbonyl (C=O) groups is 1. The number of nitrogens with zero attached hydrogens (tertiary/aromatic N) is 3. The molecule has 0 saturated carbocycles. The van der Waals surface area contributed by atoms with Gasteiger partial charge in [0.1, 0.15) is 0 Å². The fourth-order valence-electron chi connectivity index (χ4n) is 4.53. The third kappa shape index (κ3) is 4.24. The van der Waals surface area contributed by atoms with Crippen molar-refractivity contribution in [2.75, 3.05) is 46.8 Å². The van der Waals surface area contributed by atoms with Gasteiger partial charge in [0.2, 0.25) is 5.91 Å². The summed E-state index contributed by atoms with van der Waals surface area (Å²) >= 11 is 0. The molecule has 1 aromatic carbocycles. The third-order valence-corrected chi connectivity index (χ3v) is 5.66. The summed E-state index contributed by atoms with van der Waals surface area (Å²) in [5.74, 6) is 1.43. The van der Waals surface area contributed by atoms with Crippen LogP contribution >= 0.6 is 0 Å². The molecule has 1 atom stereocenters. The summed E-state index contributed by atoms with van der Waals surface area (Å²) in [6.45, 7) is 10.5. The van der Waals surface area contributed by atoms with Crippen LogP contribution in [0.5, 0.6) is 0 Å². The molecule has 1 unspecified atom stereocenters. The number of hydrogen-bond donors (Lipinski definition) is 0. The minimum atomic E-state index is 0.297. The summed E-state index contributed by atoms with van der Waals surface area (Å²) in [4.78, 5) is 19.4. The van der Waals surface area contributed by atoms with Crippen LogP contribution in [0.3, 0.4) is 0 Å². The van der Waals surface area contributed by atoms with E-state index < -0.39 is 0 Å². The smallest absolute Gasteiger partial charge is 0.222 e. The molecule has 4 nitrogen and oxygen atoms in total. The first-order valence-electron chi connectivity index (χ1n) is 9.57.